The van der Waals surface area contributed by atoms with Crippen molar-refractivity contribution in [3.8, 4) is 0 Å². The Morgan fingerprint density at radius 3 is 2.55 bits per heavy atom. The molecule has 114 valence electrons. The Balaban J connectivity index is 2.84. The first-order valence-corrected chi connectivity index (χ1v) is 8.16. The predicted molar refractivity (Wildman–Crippen MR) is 88.0 cm³/mol. The summed E-state index contributed by atoms with van der Waals surface area (Å²) in [6.07, 6.45) is 3.11. The van der Waals surface area contributed by atoms with Gasteiger partial charge in [0.15, 0.2) is 0 Å². The van der Waals surface area contributed by atoms with Crippen LogP contribution in [0.4, 0.5) is 0 Å². The fourth-order valence-corrected chi connectivity index (χ4v) is 2.72. The fourth-order valence-electron chi connectivity index (χ4n) is 2.33. The molecule has 0 bridgehead atoms. The van der Waals surface area contributed by atoms with Crippen LogP contribution < -0.4 is 5.32 Å². The molecule has 20 heavy (non-hydrogen) atoms. The van der Waals surface area contributed by atoms with Crippen molar-refractivity contribution in [3.05, 3.63) is 33.8 Å². The van der Waals surface area contributed by atoms with Crippen LogP contribution in [0.3, 0.4) is 0 Å². The molecule has 1 N–H and O–H groups in total. The Kier molecular flexibility index (Phi) is 8.55. The summed E-state index contributed by atoms with van der Waals surface area (Å²) >= 11 is 12.3. The number of hydrogen-bond acceptors (Lipinski definition) is 2. The molecule has 0 aliphatic heterocycles. The van der Waals surface area contributed by atoms with Crippen molar-refractivity contribution in [2.24, 2.45) is 0 Å². The van der Waals surface area contributed by atoms with E-state index in [0.29, 0.717) is 0 Å². The first-order chi connectivity index (χ1) is 9.62. The molecule has 0 radical (unpaired) electrons. The van der Waals surface area contributed by atoms with E-state index in [0.717, 1.165) is 48.0 Å². The van der Waals surface area contributed by atoms with Gasteiger partial charge in [0, 0.05) is 22.7 Å². The van der Waals surface area contributed by atoms with Gasteiger partial charge in [0.1, 0.15) is 0 Å². The Morgan fingerprint density at radius 2 is 1.95 bits per heavy atom. The predicted octanol–water partition coefficient (Wildman–Crippen LogP) is 4.72. The van der Waals surface area contributed by atoms with Gasteiger partial charge >= 0.3 is 0 Å². The van der Waals surface area contributed by atoms with Crippen LogP contribution in [-0.4, -0.2) is 25.3 Å². The highest BCUT2D eigenvalue weighted by Gasteiger charge is 2.21. The molecule has 0 fully saturated rings. The van der Waals surface area contributed by atoms with Gasteiger partial charge in [0.05, 0.1) is 6.10 Å². The first-order valence-electron chi connectivity index (χ1n) is 7.41. The minimum absolute atomic E-state index is 0.196. The minimum atomic E-state index is 0.196. The number of nitrogens with one attached hydrogen (secondary N) is 1. The summed E-state index contributed by atoms with van der Waals surface area (Å²) in [5.41, 5.74) is 1.07. The van der Waals surface area contributed by atoms with Gasteiger partial charge in [0.25, 0.3) is 0 Å². The molecule has 1 aromatic rings. The largest absolute Gasteiger partial charge is 0.377 e. The molecule has 0 saturated heterocycles. The third-order valence-corrected chi connectivity index (χ3v) is 3.94. The zero-order valence-electron chi connectivity index (χ0n) is 12.6. The first kappa shape index (κ1) is 17.8. The van der Waals surface area contributed by atoms with Crippen molar-refractivity contribution in [2.45, 2.75) is 52.2 Å². The summed E-state index contributed by atoms with van der Waals surface area (Å²) in [6, 6.07) is 5.89. The van der Waals surface area contributed by atoms with Crippen LogP contribution in [0.5, 0.6) is 0 Å². The Hall–Kier alpha value is -0.280. The van der Waals surface area contributed by atoms with Gasteiger partial charge in [-0.1, -0.05) is 37.0 Å². The van der Waals surface area contributed by atoms with Crippen LogP contribution in [0.2, 0.25) is 10.0 Å². The van der Waals surface area contributed by atoms with Crippen LogP contribution >= 0.6 is 23.2 Å². The van der Waals surface area contributed by atoms with Crippen LogP contribution in [-0.2, 0) is 11.2 Å². The topological polar surface area (TPSA) is 21.3 Å². The van der Waals surface area contributed by atoms with Gasteiger partial charge in [-0.05, 0) is 56.5 Å². The van der Waals surface area contributed by atoms with Crippen LogP contribution in [0.1, 0.15) is 39.2 Å². The summed E-state index contributed by atoms with van der Waals surface area (Å²) in [5.74, 6) is 0. The molecular formula is C16H25Cl2NO. The maximum Gasteiger partial charge on any atom is 0.0728 e. The fraction of sp³-hybridized carbons (Fsp3) is 0.625. The normalized spacial score (nSPS) is 14.2. The van der Waals surface area contributed by atoms with E-state index in [4.69, 9.17) is 27.9 Å². The second-order valence-corrected chi connectivity index (χ2v) is 5.75. The molecule has 2 unspecified atom stereocenters. The molecule has 4 heteroatoms. The lowest BCUT2D eigenvalue weighted by molar-refractivity contribution is 0.0320. The highest BCUT2D eigenvalue weighted by molar-refractivity contribution is 6.33. The lowest BCUT2D eigenvalue weighted by Crippen LogP contribution is -2.43. The monoisotopic (exact) mass is 317 g/mol. The van der Waals surface area contributed by atoms with E-state index in [1.807, 2.05) is 25.1 Å². The average molecular weight is 318 g/mol. The van der Waals surface area contributed by atoms with E-state index in [-0.39, 0.29) is 12.1 Å². The van der Waals surface area contributed by atoms with Gasteiger partial charge in [-0.15, -0.1) is 0 Å². The maximum absolute atomic E-state index is 6.27. The summed E-state index contributed by atoms with van der Waals surface area (Å²) in [4.78, 5) is 0. The van der Waals surface area contributed by atoms with Crippen molar-refractivity contribution in [2.75, 3.05) is 13.2 Å². The molecule has 1 rings (SSSR count). The van der Waals surface area contributed by atoms with Crippen LogP contribution in [0.15, 0.2) is 18.2 Å². The number of halogens is 2. The lowest BCUT2D eigenvalue weighted by Gasteiger charge is -2.27. The summed E-state index contributed by atoms with van der Waals surface area (Å²) in [5, 5.41) is 5.07. The average Bonchev–Trinajstić information content (AvgIpc) is 2.44. The molecule has 0 saturated carbocycles. The Morgan fingerprint density at radius 1 is 1.20 bits per heavy atom. The van der Waals surface area contributed by atoms with Crippen LogP contribution in [0, 0.1) is 0 Å². The third kappa shape index (κ3) is 5.61. The maximum atomic E-state index is 6.27. The molecule has 0 aliphatic carbocycles. The van der Waals surface area contributed by atoms with E-state index in [1.165, 1.54) is 0 Å². The number of benzene rings is 1. The lowest BCUT2D eigenvalue weighted by atomic mass is 9.99. The highest BCUT2D eigenvalue weighted by Crippen LogP contribution is 2.23. The van der Waals surface area contributed by atoms with Gasteiger partial charge in [-0.3, -0.25) is 0 Å². The van der Waals surface area contributed by atoms with Gasteiger partial charge in [0.2, 0.25) is 0 Å². The second-order valence-electron chi connectivity index (χ2n) is 4.90. The Bertz CT molecular complexity index is 398. The second kappa shape index (κ2) is 9.62. The third-order valence-electron chi connectivity index (χ3n) is 3.34. The van der Waals surface area contributed by atoms with Gasteiger partial charge in [-0.25, -0.2) is 0 Å². The number of rotatable bonds is 9. The molecule has 0 aliphatic rings. The van der Waals surface area contributed by atoms with E-state index < -0.39 is 0 Å². The minimum Gasteiger partial charge on any atom is -0.377 e. The summed E-state index contributed by atoms with van der Waals surface area (Å²) < 4.78 is 5.85. The highest BCUT2D eigenvalue weighted by atomic mass is 35.5. The molecule has 0 amide bonds. The van der Waals surface area contributed by atoms with E-state index >= 15 is 0 Å². The zero-order chi connectivity index (χ0) is 15.0. The smallest absolute Gasteiger partial charge is 0.0728 e. The molecular weight excluding hydrogens is 293 g/mol. The molecule has 0 heterocycles. The molecule has 2 atom stereocenters. The van der Waals surface area contributed by atoms with Crippen molar-refractivity contribution >= 4 is 23.2 Å². The van der Waals surface area contributed by atoms with Crippen molar-refractivity contribution in [1.82, 2.24) is 5.32 Å². The van der Waals surface area contributed by atoms with Gasteiger partial charge in [-0.2, -0.15) is 0 Å². The van der Waals surface area contributed by atoms with Gasteiger partial charge < -0.3 is 10.1 Å². The van der Waals surface area contributed by atoms with Crippen molar-refractivity contribution in [3.63, 3.8) is 0 Å². The van der Waals surface area contributed by atoms with E-state index in [1.54, 1.807) is 0 Å². The Labute approximate surface area is 132 Å². The summed E-state index contributed by atoms with van der Waals surface area (Å²) in [7, 11) is 0. The number of ether oxygens (including phenoxy) is 1. The number of hydrogen-bond donors (Lipinski definition) is 1. The molecule has 0 aromatic heterocycles. The standard InChI is InChI=1S/C16H25Cl2NO/c1-4-9-19-15(16(5-2)20-6-3)11-12-10-13(17)7-8-14(12)18/h7-8,10,15-16,19H,4-6,9,11H2,1-3H3. The van der Waals surface area contributed by atoms with Crippen molar-refractivity contribution in [1.29, 1.82) is 0 Å². The molecule has 2 nitrogen and oxygen atoms in total. The zero-order valence-corrected chi connectivity index (χ0v) is 14.1. The van der Waals surface area contributed by atoms with E-state index in [9.17, 15) is 0 Å². The quantitative estimate of drug-likeness (QED) is 0.711. The molecule has 1 aromatic carbocycles. The summed E-state index contributed by atoms with van der Waals surface area (Å²) in [6.45, 7) is 8.06. The van der Waals surface area contributed by atoms with E-state index in [2.05, 4.69) is 19.2 Å². The van der Waals surface area contributed by atoms with Crippen molar-refractivity contribution < 1.29 is 4.74 Å². The molecule has 0 spiro atoms. The SMILES string of the molecule is CCCNC(Cc1cc(Cl)ccc1Cl)C(CC)OCC. The van der Waals surface area contributed by atoms with Crippen LogP contribution in [0.25, 0.3) is 0 Å².